The Labute approximate surface area is 75.8 Å². The van der Waals surface area contributed by atoms with E-state index >= 15 is 0 Å². The highest BCUT2D eigenvalue weighted by molar-refractivity contribution is 4.96. The summed E-state index contributed by atoms with van der Waals surface area (Å²) < 4.78 is 25.0. The van der Waals surface area contributed by atoms with Gasteiger partial charge in [-0.05, 0) is 0 Å². The molecule has 0 atom stereocenters. The fourth-order valence-corrected chi connectivity index (χ4v) is 0.886. The summed E-state index contributed by atoms with van der Waals surface area (Å²) in [5.74, 6) is 0. The Hall–Kier alpha value is -0.970. The lowest BCUT2D eigenvalue weighted by Gasteiger charge is -2.04. The van der Waals surface area contributed by atoms with Crippen molar-refractivity contribution in [3.8, 4) is 0 Å². The fraction of sp³-hybridized carbons (Fsp3) is 0.625. The zero-order chi connectivity index (χ0) is 9.84. The zero-order valence-electron chi connectivity index (χ0n) is 7.67. The largest absolute Gasteiger partial charge is 0.319 e. The molecule has 0 aliphatic rings. The average molecular weight is 189 g/mol. The van der Waals surface area contributed by atoms with Gasteiger partial charge in [-0.15, -0.1) is 0 Å². The molecule has 1 aromatic rings. The highest BCUT2D eigenvalue weighted by Gasteiger charge is 2.06. The number of alkyl halides is 2. The summed E-state index contributed by atoms with van der Waals surface area (Å²) in [5, 5.41) is 3.09. The van der Waals surface area contributed by atoms with E-state index in [4.69, 9.17) is 0 Å². The van der Waals surface area contributed by atoms with Crippen molar-refractivity contribution in [1.29, 1.82) is 0 Å². The summed E-state index contributed by atoms with van der Waals surface area (Å²) >= 11 is 0. The van der Waals surface area contributed by atoms with Crippen molar-refractivity contribution >= 4 is 0 Å². The topological polar surface area (TPSA) is 29.9 Å². The number of hydrogen-bond donors (Lipinski definition) is 1. The van der Waals surface area contributed by atoms with Gasteiger partial charge in [0.2, 0.25) is 0 Å². The summed E-state index contributed by atoms with van der Waals surface area (Å²) in [6, 6.07) is 0.330. The number of halogens is 2. The van der Waals surface area contributed by atoms with Crippen molar-refractivity contribution in [2.24, 2.45) is 0 Å². The van der Waals surface area contributed by atoms with Gasteiger partial charge in [0.25, 0.3) is 0 Å². The maximum atomic E-state index is 12.1. The van der Waals surface area contributed by atoms with E-state index in [1.54, 1.807) is 0 Å². The smallest absolute Gasteiger partial charge is 0.309 e. The molecule has 3 nitrogen and oxygen atoms in total. The summed E-state index contributed by atoms with van der Waals surface area (Å²) in [4.78, 5) is 3.83. The van der Waals surface area contributed by atoms with Crippen LogP contribution in [0.25, 0.3) is 0 Å². The standard InChI is InChI=1S/C8H13F2N3/c1-6(2)11-3-7-4-13(5-12-7)8(9)10/h4-6,8,11H,3H2,1-2H3. The Kier molecular flexibility index (Phi) is 3.36. The predicted molar refractivity (Wildman–Crippen MR) is 45.5 cm³/mol. The quantitative estimate of drug-likeness (QED) is 0.782. The first-order valence-corrected chi connectivity index (χ1v) is 4.13. The van der Waals surface area contributed by atoms with Crippen LogP contribution in [-0.2, 0) is 6.54 Å². The first-order valence-electron chi connectivity index (χ1n) is 4.13. The fourth-order valence-electron chi connectivity index (χ4n) is 0.886. The number of rotatable bonds is 4. The number of imidazole rings is 1. The lowest BCUT2D eigenvalue weighted by Crippen LogP contribution is -2.21. The van der Waals surface area contributed by atoms with Gasteiger partial charge in [-0.1, -0.05) is 13.8 Å². The van der Waals surface area contributed by atoms with Crippen LogP contribution in [0.5, 0.6) is 0 Å². The number of nitrogens with one attached hydrogen (secondary N) is 1. The van der Waals surface area contributed by atoms with Gasteiger partial charge in [0, 0.05) is 18.8 Å². The summed E-state index contributed by atoms with van der Waals surface area (Å²) in [5.41, 5.74) is 0.633. The van der Waals surface area contributed by atoms with Crippen molar-refractivity contribution in [3.05, 3.63) is 18.2 Å². The van der Waals surface area contributed by atoms with Crippen LogP contribution in [0.4, 0.5) is 8.78 Å². The molecule has 13 heavy (non-hydrogen) atoms. The van der Waals surface area contributed by atoms with Crippen molar-refractivity contribution in [3.63, 3.8) is 0 Å². The van der Waals surface area contributed by atoms with Gasteiger partial charge in [0.15, 0.2) is 0 Å². The van der Waals surface area contributed by atoms with Gasteiger partial charge in [0.1, 0.15) is 0 Å². The van der Waals surface area contributed by atoms with Gasteiger partial charge in [-0.2, -0.15) is 8.78 Å². The summed E-state index contributed by atoms with van der Waals surface area (Å²) in [6.07, 6.45) is 2.49. The Morgan fingerprint density at radius 2 is 2.23 bits per heavy atom. The van der Waals surface area contributed by atoms with Crippen LogP contribution in [-0.4, -0.2) is 15.6 Å². The average Bonchev–Trinajstić information content (AvgIpc) is 2.48. The molecule has 0 fully saturated rings. The molecule has 0 aliphatic heterocycles. The molecule has 0 bridgehead atoms. The third kappa shape index (κ3) is 3.10. The normalized spacial score (nSPS) is 11.5. The van der Waals surface area contributed by atoms with E-state index in [0.717, 1.165) is 10.9 Å². The molecule has 0 unspecified atom stereocenters. The van der Waals surface area contributed by atoms with Crippen LogP contribution in [0.15, 0.2) is 12.5 Å². The minimum absolute atomic E-state index is 0.330. The lowest BCUT2D eigenvalue weighted by molar-refractivity contribution is 0.0700. The molecule has 1 aromatic heterocycles. The molecule has 0 radical (unpaired) electrons. The SMILES string of the molecule is CC(C)NCc1cn(C(F)F)cn1. The molecule has 0 spiro atoms. The summed E-state index contributed by atoms with van der Waals surface area (Å²) in [6.45, 7) is 2.01. The number of aromatic nitrogens is 2. The van der Waals surface area contributed by atoms with Gasteiger partial charge in [0.05, 0.1) is 12.0 Å². The molecule has 0 saturated heterocycles. The lowest BCUT2D eigenvalue weighted by atomic mass is 10.3. The predicted octanol–water partition coefficient (Wildman–Crippen LogP) is 1.78. The second kappa shape index (κ2) is 4.32. The molecule has 74 valence electrons. The molecule has 1 rings (SSSR count). The molecule has 1 heterocycles. The van der Waals surface area contributed by atoms with Gasteiger partial charge < -0.3 is 5.32 Å². The second-order valence-electron chi connectivity index (χ2n) is 3.13. The van der Waals surface area contributed by atoms with Crippen molar-refractivity contribution < 1.29 is 8.78 Å². The third-order valence-corrected chi connectivity index (χ3v) is 1.57. The highest BCUT2D eigenvalue weighted by Crippen LogP contribution is 2.09. The zero-order valence-corrected chi connectivity index (χ0v) is 7.67. The van der Waals surface area contributed by atoms with Crippen LogP contribution in [0.2, 0.25) is 0 Å². The Morgan fingerprint density at radius 1 is 1.54 bits per heavy atom. The second-order valence-corrected chi connectivity index (χ2v) is 3.13. The molecule has 0 aromatic carbocycles. The molecular formula is C8H13F2N3. The minimum atomic E-state index is -2.50. The van der Waals surface area contributed by atoms with Gasteiger partial charge in [-0.25, -0.2) is 4.98 Å². The van der Waals surface area contributed by atoms with E-state index in [1.807, 2.05) is 13.8 Å². The summed E-state index contributed by atoms with van der Waals surface area (Å²) in [7, 11) is 0. The Morgan fingerprint density at radius 3 is 2.69 bits per heavy atom. The van der Waals surface area contributed by atoms with E-state index in [9.17, 15) is 8.78 Å². The maximum absolute atomic E-state index is 12.1. The molecule has 5 heteroatoms. The monoisotopic (exact) mass is 189 g/mol. The van der Waals surface area contributed by atoms with Crippen LogP contribution in [0.1, 0.15) is 26.1 Å². The van der Waals surface area contributed by atoms with Crippen molar-refractivity contribution in [1.82, 2.24) is 14.9 Å². The van der Waals surface area contributed by atoms with E-state index in [-0.39, 0.29) is 0 Å². The molecule has 1 N–H and O–H groups in total. The van der Waals surface area contributed by atoms with E-state index in [1.165, 1.54) is 6.20 Å². The van der Waals surface area contributed by atoms with Crippen LogP contribution in [0.3, 0.4) is 0 Å². The highest BCUT2D eigenvalue weighted by atomic mass is 19.3. The van der Waals surface area contributed by atoms with Crippen LogP contribution >= 0.6 is 0 Å². The van der Waals surface area contributed by atoms with E-state index in [2.05, 4.69) is 10.3 Å². The van der Waals surface area contributed by atoms with E-state index < -0.39 is 6.55 Å². The molecule has 0 saturated carbocycles. The Balaban J connectivity index is 2.49. The first kappa shape index (κ1) is 10.1. The maximum Gasteiger partial charge on any atom is 0.319 e. The third-order valence-electron chi connectivity index (χ3n) is 1.57. The van der Waals surface area contributed by atoms with Crippen LogP contribution in [0, 0.1) is 0 Å². The van der Waals surface area contributed by atoms with Crippen molar-refractivity contribution in [2.75, 3.05) is 0 Å². The molecular weight excluding hydrogens is 176 g/mol. The van der Waals surface area contributed by atoms with Gasteiger partial charge >= 0.3 is 6.55 Å². The number of hydrogen-bond acceptors (Lipinski definition) is 2. The minimum Gasteiger partial charge on any atom is -0.309 e. The molecule has 0 amide bonds. The Bertz CT molecular complexity index is 258. The molecule has 0 aliphatic carbocycles. The first-order chi connectivity index (χ1) is 6.09. The van der Waals surface area contributed by atoms with E-state index in [0.29, 0.717) is 18.3 Å². The van der Waals surface area contributed by atoms with Crippen LogP contribution < -0.4 is 5.32 Å². The van der Waals surface area contributed by atoms with Crippen molar-refractivity contribution in [2.45, 2.75) is 33.0 Å². The van der Waals surface area contributed by atoms with Gasteiger partial charge in [-0.3, -0.25) is 4.57 Å². The number of nitrogens with zero attached hydrogens (tertiary/aromatic N) is 2.